The first-order chi connectivity index (χ1) is 18.4. The summed E-state index contributed by atoms with van der Waals surface area (Å²) in [6.45, 7) is 2.38. The molecule has 0 atom stereocenters. The standard InChI is InChI=1S/C28H33N3O6S/c1-36-19-17-31-15-12-28(13-16-31,27(32)30-33)38(34,35)26-9-7-25(8-10-26)37-18-11-22-4-2-5-23(20-22)24-6-3-14-29-21-24/h2-10,14,20-21,33H,11-13,15-19H2,1H3,(H,30,32). The summed E-state index contributed by atoms with van der Waals surface area (Å²) in [6, 6.07) is 18.2. The highest BCUT2D eigenvalue weighted by Gasteiger charge is 2.52. The number of likely N-dealkylation sites (tertiary alicyclic amines) is 1. The Morgan fingerprint density at radius 3 is 2.45 bits per heavy atom. The molecule has 0 bridgehead atoms. The van der Waals surface area contributed by atoms with E-state index >= 15 is 0 Å². The van der Waals surface area contributed by atoms with Gasteiger partial charge in [-0.1, -0.05) is 30.3 Å². The molecule has 1 aliphatic heterocycles. The minimum Gasteiger partial charge on any atom is -0.493 e. The number of ether oxygens (including phenoxy) is 2. The maximum atomic E-state index is 13.6. The van der Waals surface area contributed by atoms with Gasteiger partial charge in [0.05, 0.1) is 18.1 Å². The lowest BCUT2D eigenvalue weighted by atomic mass is 9.95. The van der Waals surface area contributed by atoms with Crippen molar-refractivity contribution in [2.75, 3.05) is 40.0 Å². The zero-order chi connectivity index (χ0) is 27.0. The van der Waals surface area contributed by atoms with Crippen molar-refractivity contribution in [1.29, 1.82) is 0 Å². The molecule has 2 N–H and O–H groups in total. The van der Waals surface area contributed by atoms with Crippen LogP contribution < -0.4 is 10.2 Å². The zero-order valence-electron chi connectivity index (χ0n) is 21.4. The number of carbonyl (C=O) groups excluding carboxylic acids is 1. The van der Waals surface area contributed by atoms with Crippen molar-refractivity contribution >= 4 is 15.7 Å². The number of sulfone groups is 1. The monoisotopic (exact) mass is 539 g/mol. The Bertz CT molecular complexity index is 1310. The smallest absolute Gasteiger partial charge is 0.265 e. The molecule has 0 radical (unpaired) electrons. The number of benzene rings is 2. The summed E-state index contributed by atoms with van der Waals surface area (Å²) < 4.78 is 36.5. The number of hydrogen-bond donors (Lipinski definition) is 2. The van der Waals surface area contributed by atoms with Crippen molar-refractivity contribution < 1.29 is 27.9 Å². The highest BCUT2D eigenvalue weighted by Crippen LogP contribution is 2.36. The first-order valence-electron chi connectivity index (χ1n) is 12.5. The molecule has 38 heavy (non-hydrogen) atoms. The van der Waals surface area contributed by atoms with E-state index in [-0.39, 0.29) is 17.7 Å². The van der Waals surface area contributed by atoms with Crippen LogP contribution in [0.2, 0.25) is 0 Å². The van der Waals surface area contributed by atoms with Crippen LogP contribution in [0.15, 0.2) is 78.0 Å². The summed E-state index contributed by atoms with van der Waals surface area (Å²) in [5.74, 6) is -0.375. The number of nitrogens with one attached hydrogen (secondary N) is 1. The second-order valence-electron chi connectivity index (χ2n) is 9.29. The molecule has 202 valence electrons. The van der Waals surface area contributed by atoms with Gasteiger partial charge < -0.3 is 14.4 Å². The van der Waals surface area contributed by atoms with Gasteiger partial charge in [-0.3, -0.25) is 15.0 Å². The summed E-state index contributed by atoms with van der Waals surface area (Å²) >= 11 is 0. The topological polar surface area (TPSA) is 118 Å². The molecule has 10 heteroatoms. The number of rotatable bonds is 11. The number of aromatic nitrogens is 1. The Morgan fingerprint density at radius 1 is 1.05 bits per heavy atom. The average molecular weight is 540 g/mol. The molecule has 0 aliphatic carbocycles. The van der Waals surface area contributed by atoms with Crippen LogP contribution in [0.25, 0.3) is 11.1 Å². The fraction of sp³-hybridized carbons (Fsp3) is 0.357. The Labute approximate surface area is 223 Å². The van der Waals surface area contributed by atoms with Crippen molar-refractivity contribution in [2.45, 2.75) is 28.9 Å². The van der Waals surface area contributed by atoms with Gasteiger partial charge in [0.25, 0.3) is 5.91 Å². The summed E-state index contributed by atoms with van der Waals surface area (Å²) in [5.41, 5.74) is 4.82. The third-order valence-electron chi connectivity index (χ3n) is 7.02. The third-order valence-corrected chi connectivity index (χ3v) is 9.54. The maximum Gasteiger partial charge on any atom is 0.265 e. The Morgan fingerprint density at radius 2 is 1.79 bits per heavy atom. The first kappa shape index (κ1) is 27.7. The van der Waals surface area contributed by atoms with Crippen LogP contribution in [-0.4, -0.2) is 74.1 Å². The molecule has 1 aromatic heterocycles. The van der Waals surface area contributed by atoms with Gasteiger partial charge in [0.2, 0.25) is 0 Å². The van der Waals surface area contributed by atoms with Gasteiger partial charge in [-0.05, 0) is 59.9 Å². The van der Waals surface area contributed by atoms with E-state index in [2.05, 4.69) is 11.1 Å². The normalized spacial score (nSPS) is 15.6. The van der Waals surface area contributed by atoms with Gasteiger partial charge in [0.1, 0.15) is 5.75 Å². The number of methoxy groups -OCH3 is 1. The summed E-state index contributed by atoms with van der Waals surface area (Å²) in [7, 11) is -2.48. The molecule has 3 aromatic rings. The molecule has 1 amide bonds. The molecule has 2 heterocycles. The zero-order valence-corrected chi connectivity index (χ0v) is 22.2. The van der Waals surface area contributed by atoms with Crippen LogP contribution in [0.4, 0.5) is 0 Å². The van der Waals surface area contributed by atoms with E-state index in [0.29, 0.717) is 45.0 Å². The lowest BCUT2D eigenvalue weighted by molar-refractivity contribution is -0.133. The Kier molecular flexibility index (Phi) is 9.11. The van der Waals surface area contributed by atoms with Crippen LogP contribution in [0.1, 0.15) is 18.4 Å². The number of piperidine rings is 1. The largest absolute Gasteiger partial charge is 0.493 e. The van der Waals surface area contributed by atoms with Gasteiger partial charge >= 0.3 is 0 Å². The first-order valence-corrected chi connectivity index (χ1v) is 14.0. The average Bonchev–Trinajstić information content (AvgIpc) is 2.96. The van der Waals surface area contributed by atoms with E-state index in [1.807, 2.05) is 41.4 Å². The minimum atomic E-state index is -4.08. The van der Waals surface area contributed by atoms with Gasteiger partial charge in [-0.2, -0.15) is 0 Å². The third kappa shape index (κ3) is 6.05. The molecule has 1 fully saturated rings. The van der Waals surface area contributed by atoms with Crippen LogP contribution >= 0.6 is 0 Å². The van der Waals surface area contributed by atoms with Crippen molar-refractivity contribution in [2.24, 2.45) is 0 Å². The van der Waals surface area contributed by atoms with Crippen LogP contribution in [0.5, 0.6) is 5.75 Å². The minimum absolute atomic E-state index is 0.0166. The number of hydrogen-bond acceptors (Lipinski definition) is 8. The van der Waals surface area contributed by atoms with Crippen molar-refractivity contribution in [3.8, 4) is 16.9 Å². The highest BCUT2D eigenvalue weighted by atomic mass is 32.2. The molecule has 1 aliphatic rings. The highest BCUT2D eigenvalue weighted by molar-refractivity contribution is 7.93. The molecular formula is C28H33N3O6S. The van der Waals surface area contributed by atoms with Crippen LogP contribution in [0, 0.1) is 0 Å². The number of nitrogens with zero attached hydrogens (tertiary/aromatic N) is 2. The SMILES string of the molecule is COCCN1CCC(C(=O)NO)(S(=O)(=O)c2ccc(OCCc3cccc(-c4cccnc4)c3)cc2)CC1. The van der Waals surface area contributed by atoms with E-state index in [4.69, 9.17) is 9.47 Å². The number of amides is 1. The molecular weight excluding hydrogens is 506 g/mol. The number of carbonyl (C=O) groups is 1. The Balaban J connectivity index is 1.40. The van der Waals surface area contributed by atoms with E-state index in [9.17, 15) is 18.4 Å². The quantitative estimate of drug-likeness (QED) is 0.282. The van der Waals surface area contributed by atoms with Crippen LogP contribution in [0.3, 0.4) is 0 Å². The van der Waals surface area contributed by atoms with Gasteiger partial charge in [-0.25, -0.2) is 13.9 Å². The van der Waals surface area contributed by atoms with Gasteiger partial charge in [-0.15, -0.1) is 0 Å². The van der Waals surface area contributed by atoms with Crippen LogP contribution in [-0.2, 0) is 25.8 Å². The molecule has 1 saturated heterocycles. The van der Waals surface area contributed by atoms with Gasteiger partial charge in [0.15, 0.2) is 14.6 Å². The molecule has 0 spiro atoms. The van der Waals surface area contributed by atoms with Crippen molar-refractivity contribution in [3.63, 3.8) is 0 Å². The number of pyridine rings is 1. The molecule has 2 aromatic carbocycles. The molecule has 9 nitrogen and oxygen atoms in total. The fourth-order valence-corrected chi connectivity index (χ4v) is 6.70. The second-order valence-corrected chi connectivity index (χ2v) is 11.5. The van der Waals surface area contributed by atoms with Gasteiger partial charge in [0, 0.05) is 45.6 Å². The van der Waals surface area contributed by atoms with E-state index in [0.717, 1.165) is 16.7 Å². The fourth-order valence-electron chi connectivity index (χ4n) is 4.75. The van der Waals surface area contributed by atoms with Crippen molar-refractivity contribution in [1.82, 2.24) is 15.4 Å². The molecule has 0 unspecified atom stereocenters. The predicted molar refractivity (Wildman–Crippen MR) is 143 cm³/mol. The summed E-state index contributed by atoms with van der Waals surface area (Å²) in [4.78, 5) is 18.9. The number of hydroxylamine groups is 1. The predicted octanol–water partition coefficient (Wildman–Crippen LogP) is 3.13. The Hall–Kier alpha value is -3.31. The van der Waals surface area contributed by atoms with E-state index < -0.39 is 20.5 Å². The van der Waals surface area contributed by atoms with E-state index in [1.165, 1.54) is 12.1 Å². The lowest BCUT2D eigenvalue weighted by Gasteiger charge is -2.39. The lowest BCUT2D eigenvalue weighted by Crippen LogP contribution is -2.57. The maximum absolute atomic E-state index is 13.6. The molecule has 0 saturated carbocycles. The van der Waals surface area contributed by atoms with E-state index in [1.54, 1.807) is 30.9 Å². The van der Waals surface area contributed by atoms with Crippen molar-refractivity contribution in [3.05, 3.63) is 78.6 Å². The summed E-state index contributed by atoms with van der Waals surface area (Å²) in [5, 5.41) is 9.37. The summed E-state index contributed by atoms with van der Waals surface area (Å²) in [6.07, 6.45) is 4.38. The molecule has 4 rings (SSSR count). The second kappa shape index (κ2) is 12.5.